The number of carbonyl (C=O) groups excluding carboxylic acids is 2. The van der Waals surface area contributed by atoms with Crippen molar-refractivity contribution in [2.24, 2.45) is 11.8 Å². The average Bonchev–Trinajstić information content (AvgIpc) is 2.80. The fourth-order valence-corrected chi connectivity index (χ4v) is 3.18. The maximum absolute atomic E-state index is 12.9. The Morgan fingerprint density at radius 3 is 2.27 bits per heavy atom. The zero-order valence-corrected chi connectivity index (χ0v) is 14.4. The lowest BCUT2D eigenvalue weighted by Crippen LogP contribution is -2.31. The van der Waals surface area contributed by atoms with Gasteiger partial charge in [0.2, 0.25) is 11.8 Å². The third-order valence-corrected chi connectivity index (χ3v) is 4.76. The smallest absolute Gasteiger partial charge is 0.274 e. The van der Waals surface area contributed by atoms with Crippen molar-refractivity contribution < 1.29 is 22.8 Å². The summed E-state index contributed by atoms with van der Waals surface area (Å²) in [5.74, 6) is -2.09. The van der Waals surface area contributed by atoms with Crippen LogP contribution in [-0.4, -0.2) is 11.8 Å². The lowest BCUT2D eigenvalue weighted by Gasteiger charge is -2.17. The Kier molecular flexibility index (Phi) is 4.61. The number of anilines is 1. The van der Waals surface area contributed by atoms with Gasteiger partial charge in [0.05, 0.1) is 17.2 Å². The molecule has 0 aromatic heterocycles. The van der Waals surface area contributed by atoms with Gasteiger partial charge in [0, 0.05) is 5.92 Å². The Balaban J connectivity index is 1.89. The van der Waals surface area contributed by atoms with Crippen LogP contribution in [0.3, 0.4) is 0 Å². The molecule has 1 saturated heterocycles. The number of amides is 2. The highest BCUT2D eigenvalue weighted by atomic mass is 19.4. The van der Waals surface area contributed by atoms with E-state index in [9.17, 15) is 22.8 Å². The van der Waals surface area contributed by atoms with Crippen LogP contribution in [-0.2, 0) is 22.2 Å². The molecule has 0 unspecified atom stereocenters. The van der Waals surface area contributed by atoms with Crippen molar-refractivity contribution in [3.8, 4) is 0 Å². The van der Waals surface area contributed by atoms with Gasteiger partial charge in [-0.1, -0.05) is 42.8 Å². The first-order valence-corrected chi connectivity index (χ1v) is 8.29. The average molecular weight is 361 g/mol. The van der Waals surface area contributed by atoms with Crippen molar-refractivity contribution in [2.75, 3.05) is 4.90 Å². The maximum atomic E-state index is 12.9. The summed E-state index contributed by atoms with van der Waals surface area (Å²) in [5, 5.41) is 0. The number of aryl methyl sites for hydroxylation is 1. The van der Waals surface area contributed by atoms with E-state index in [0.29, 0.717) is 6.42 Å². The monoisotopic (exact) mass is 361 g/mol. The number of hydrogen-bond donors (Lipinski definition) is 0. The number of rotatable bonds is 3. The van der Waals surface area contributed by atoms with E-state index >= 15 is 0 Å². The van der Waals surface area contributed by atoms with Crippen LogP contribution in [0, 0.1) is 18.8 Å². The van der Waals surface area contributed by atoms with Gasteiger partial charge in [-0.2, -0.15) is 13.2 Å². The van der Waals surface area contributed by atoms with Crippen molar-refractivity contribution >= 4 is 17.5 Å². The SMILES string of the molecule is Cc1ccc(C[C@H]2C(=O)N(c3cccc(C(F)(F)F)c3)C(=O)[C@H]2C)cc1. The molecule has 136 valence electrons. The topological polar surface area (TPSA) is 37.4 Å². The van der Waals surface area contributed by atoms with Gasteiger partial charge in [0.25, 0.3) is 0 Å². The number of nitrogens with zero attached hydrogens (tertiary/aromatic N) is 1. The van der Waals surface area contributed by atoms with Crippen molar-refractivity contribution in [3.63, 3.8) is 0 Å². The summed E-state index contributed by atoms with van der Waals surface area (Å²) in [4.78, 5) is 26.2. The van der Waals surface area contributed by atoms with Crippen LogP contribution >= 0.6 is 0 Å². The van der Waals surface area contributed by atoms with Gasteiger partial charge >= 0.3 is 6.18 Å². The third kappa shape index (κ3) is 3.36. The van der Waals surface area contributed by atoms with E-state index in [1.165, 1.54) is 12.1 Å². The number of alkyl halides is 3. The Hall–Kier alpha value is -2.63. The molecule has 1 fully saturated rings. The van der Waals surface area contributed by atoms with E-state index in [1.54, 1.807) is 6.92 Å². The Morgan fingerprint density at radius 2 is 1.65 bits per heavy atom. The fraction of sp³-hybridized carbons (Fsp3) is 0.300. The Labute approximate surface area is 149 Å². The molecule has 1 aliphatic heterocycles. The predicted octanol–water partition coefficient (Wildman–Crippen LogP) is 4.38. The van der Waals surface area contributed by atoms with E-state index in [4.69, 9.17) is 0 Å². The molecular weight excluding hydrogens is 343 g/mol. The maximum Gasteiger partial charge on any atom is 0.416 e. The number of hydrogen-bond acceptors (Lipinski definition) is 2. The Morgan fingerprint density at radius 1 is 1.00 bits per heavy atom. The molecule has 2 aromatic carbocycles. The summed E-state index contributed by atoms with van der Waals surface area (Å²) in [6, 6.07) is 12.0. The normalized spacial score (nSPS) is 20.7. The largest absolute Gasteiger partial charge is 0.416 e. The van der Waals surface area contributed by atoms with E-state index < -0.39 is 35.4 Å². The molecule has 2 amide bonds. The second kappa shape index (κ2) is 6.59. The van der Waals surface area contributed by atoms with Gasteiger partial charge < -0.3 is 0 Å². The number of carbonyl (C=O) groups is 2. The number of imide groups is 1. The summed E-state index contributed by atoms with van der Waals surface area (Å²) in [6.45, 7) is 3.60. The van der Waals surface area contributed by atoms with Gasteiger partial charge in [0.15, 0.2) is 0 Å². The van der Waals surface area contributed by atoms with Crippen LogP contribution in [0.5, 0.6) is 0 Å². The highest BCUT2D eigenvalue weighted by Crippen LogP contribution is 2.36. The van der Waals surface area contributed by atoms with Crippen molar-refractivity contribution in [1.29, 1.82) is 0 Å². The molecule has 0 saturated carbocycles. The minimum atomic E-state index is -4.53. The van der Waals surface area contributed by atoms with E-state index in [-0.39, 0.29) is 5.69 Å². The van der Waals surface area contributed by atoms with Crippen LogP contribution < -0.4 is 4.90 Å². The molecule has 0 bridgehead atoms. The van der Waals surface area contributed by atoms with Crippen molar-refractivity contribution in [2.45, 2.75) is 26.4 Å². The lowest BCUT2D eigenvalue weighted by molar-refractivity contribution is -0.137. The molecule has 0 spiro atoms. The first-order valence-electron chi connectivity index (χ1n) is 8.29. The number of benzene rings is 2. The zero-order chi connectivity index (χ0) is 19.1. The summed E-state index contributed by atoms with van der Waals surface area (Å²) in [5.41, 5.74) is 1.08. The van der Waals surface area contributed by atoms with Gasteiger partial charge in [-0.05, 0) is 37.1 Å². The molecule has 2 aromatic rings. The summed E-state index contributed by atoms with van der Waals surface area (Å²) >= 11 is 0. The zero-order valence-electron chi connectivity index (χ0n) is 14.4. The molecule has 6 heteroatoms. The van der Waals surface area contributed by atoms with Crippen LogP contribution in [0.15, 0.2) is 48.5 Å². The third-order valence-electron chi connectivity index (χ3n) is 4.76. The van der Waals surface area contributed by atoms with Gasteiger partial charge in [-0.15, -0.1) is 0 Å². The summed E-state index contributed by atoms with van der Waals surface area (Å²) < 4.78 is 38.8. The lowest BCUT2D eigenvalue weighted by atomic mass is 9.90. The van der Waals surface area contributed by atoms with Gasteiger partial charge in [0.1, 0.15) is 0 Å². The molecule has 0 N–H and O–H groups in total. The highest BCUT2D eigenvalue weighted by molar-refractivity contribution is 6.22. The molecule has 1 aliphatic rings. The molecule has 3 rings (SSSR count). The fourth-order valence-electron chi connectivity index (χ4n) is 3.18. The Bertz CT molecular complexity index is 843. The van der Waals surface area contributed by atoms with Crippen LogP contribution in [0.25, 0.3) is 0 Å². The first-order chi connectivity index (χ1) is 12.2. The van der Waals surface area contributed by atoms with Crippen LogP contribution in [0.2, 0.25) is 0 Å². The molecular formula is C20H18F3NO2. The summed E-state index contributed by atoms with van der Waals surface area (Å²) in [7, 11) is 0. The molecule has 26 heavy (non-hydrogen) atoms. The second-order valence-electron chi connectivity index (χ2n) is 6.64. The quantitative estimate of drug-likeness (QED) is 0.761. The second-order valence-corrected chi connectivity index (χ2v) is 6.64. The molecule has 2 atom stereocenters. The van der Waals surface area contributed by atoms with E-state index in [2.05, 4.69) is 0 Å². The van der Waals surface area contributed by atoms with E-state index in [0.717, 1.165) is 28.2 Å². The molecule has 0 aliphatic carbocycles. The van der Waals surface area contributed by atoms with Gasteiger partial charge in [-0.25, -0.2) is 0 Å². The number of halogens is 3. The minimum Gasteiger partial charge on any atom is -0.274 e. The standard InChI is InChI=1S/C20H18F3NO2/c1-12-6-8-14(9-7-12)10-17-13(2)18(25)24(19(17)26)16-5-3-4-15(11-16)20(21,22)23/h3-9,11,13,17H,10H2,1-2H3/t13-,17+/m0/s1. The van der Waals surface area contributed by atoms with Gasteiger partial charge in [-0.3, -0.25) is 14.5 Å². The van der Waals surface area contributed by atoms with Crippen LogP contribution in [0.4, 0.5) is 18.9 Å². The highest BCUT2D eigenvalue weighted by Gasteiger charge is 2.46. The summed E-state index contributed by atoms with van der Waals surface area (Å²) in [6.07, 6.45) is -4.16. The van der Waals surface area contributed by atoms with Crippen molar-refractivity contribution in [3.05, 3.63) is 65.2 Å². The molecule has 1 heterocycles. The minimum absolute atomic E-state index is 0.0342. The van der Waals surface area contributed by atoms with Crippen LogP contribution in [0.1, 0.15) is 23.6 Å². The predicted molar refractivity (Wildman–Crippen MR) is 91.5 cm³/mol. The van der Waals surface area contributed by atoms with Crippen molar-refractivity contribution in [1.82, 2.24) is 0 Å². The first kappa shape index (κ1) is 18.2. The molecule has 0 radical (unpaired) electrons. The molecule has 3 nitrogen and oxygen atoms in total. The van der Waals surface area contributed by atoms with E-state index in [1.807, 2.05) is 31.2 Å².